The monoisotopic (exact) mass is 383 g/mol. The van der Waals surface area contributed by atoms with Gasteiger partial charge in [-0.05, 0) is 30.5 Å². The third kappa shape index (κ3) is 7.96. The van der Waals surface area contributed by atoms with E-state index in [1.165, 1.54) is 5.56 Å². The van der Waals surface area contributed by atoms with Gasteiger partial charge in [0.25, 0.3) is 0 Å². The molecule has 0 aliphatic heterocycles. The molecule has 1 aromatic carbocycles. The lowest BCUT2D eigenvalue weighted by Gasteiger charge is -2.16. The minimum Gasteiger partial charge on any atom is -0.376 e. The van der Waals surface area contributed by atoms with Gasteiger partial charge < -0.3 is 20.3 Å². The number of benzene rings is 1. The van der Waals surface area contributed by atoms with Crippen LogP contribution in [0.5, 0.6) is 0 Å². The van der Waals surface area contributed by atoms with Gasteiger partial charge in [-0.1, -0.05) is 43.3 Å². The van der Waals surface area contributed by atoms with Crippen molar-refractivity contribution < 1.29 is 4.74 Å². The van der Waals surface area contributed by atoms with Gasteiger partial charge in [0.2, 0.25) is 0 Å². The Morgan fingerprint density at radius 1 is 1.11 bits per heavy atom. The molecular formula is C22H33N5O. The SMILES string of the molecule is CCNC(=NCc1cccc(N(C)C)n1)NCC(C)COCc1ccccc1. The normalized spacial score (nSPS) is 12.5. The summed E-state index contributed by atoms with van der Waals surface area (Å²) in [6.45, 7) is 7.73. The van der Waals surface area contributed by atoms with Crippen molar-refractivity contribution in [1.82, 2.24) is 15.6 Å². The lowest BCUT2D eigenvalue weighted by Crippen LogP contribution is -2.40. The number of guanidine groups is 1. The molecule has 2 rings (SSSR count). The summed E-state index contributed by atoms with van der Waals surface area (Å²) < 4.78 is 5.82. The Morgan fingerprint density at radius 3 is 2.61 bits per heavy atom. The second kappa shape index (κ2) is 12.0. The first-order valence-corrected chi connectivity index (χ1v) is 9.85. The molecule has 6 nitrogen and oxygen atoms in total. The zero-order chi connectivity index (χ0) is 20.2. The topological polar surface area (TPSA) is 61.8 Å². The Labute approximate surface area is 169 Å². The molecule has 2 N–H and O–H groups in total. The Balaban J connectivity index is 1.79. The third-order valence-electron chi connectivity index (χ3n) is 4.13. The fourth-order valence-corrected chi connectivity index (χ4v) is 2.59. The van der Waals surface area contributed by atoms with E-state index in [4.69, 9.17) is 4.74 Å². The van der Waals surface area contributed by atoms with Gasteiger partial charge in [0.1, 0.15) is 5.82 Å². The van der Waals surface area contributed by atoms with Crippen LogP contribution in [0.25, 0.3) is 0 Å². The highest BCUT2D eigenvalue weighted by Gasteiger charge is 2.05. The lowest BCUT2D eigenvalue weighted by molar-refractivity contribution is 0.0931. The Hall–Kier alpha value is -2.60. The van der Waals surface area contributed by atoms with Crippen LogP contribution >= 0.6 is 0 Å². The van der Waals surface area contributed by atoms with Crippen molar-refractivity contribution in [2.75, 3.05) is 38.7 Å². The summed E-state index contributed by atoms with van der Waals surface area (Å²) in [5, 5.41) is 6.68. The Bertz CT molecular complexity index is 718. The number of pyridine rings is 1. The first-order chi connectivity index (χ1) is 13.6. The molecule has 0 saturated carbocycles. The molecule has 1 atom stereocenters. The number of ether oxygens (including phenoxy) is 1. The van der Waals surface area contributed by atoms with Crippen LogP contribution < -0.4 is 15.5 Å². The van der Waals surface area contributed by atoms with E-state index < -0.39 is 0 Å². The van der Waals surface area contributed by atoms with Crippen LogP contribution in [0.1, 0.15) is 25.1 Å². The lowest BCUT2D eigenvalue weighted by atomic mass is 10.2. The van der Waals surface area contributed by atoms with E-state index in [1.807, 2.05) is 55.4 Å². The van der Waals surface area contributed by atoms with E-state index in [1.54, 1.807) is 0 Å². The van der Waals surface area contributed by atoms with Crippen molar-refractivity contribution >= 4 is 11.8 Å². The van der Waals surface area contributed by atoms with Crippen molar-refractivity contribution in [3.8, 4) is 0 Å². The first-order valence-electron chi connectivity index (χ1n) is 9.85. The molecule has 0 saturated heterocycles. The highest BCUT2D eigenvalue weighted by Crippen LogP contribution is 2.08. The van der Waals surface area contributed by atoms with Gasteiger partial charge in [-0.25, -0.2) is 9.98 Å². The predicted octanol–water partition coefficient (Wildman–Crippen LogP) is 3.06. The number of nitrogens with zero attached hydrogens (tertiary/aromatic N) is 3. The van der Waals surface area contributed by atoms with Gasteiger partial charge in [0.15, 0.2) is 5.96 Å². The van der Waals surface area contributed by atoms with Gasteiger partial charge in [0.05, 0.1) is 25.5 Å². The standard InChI is InChI=1S/C22H33N5O/c1-5-23-22(25-15-20-12-9-13-21(26-20)27(3)4)24-14-18(2)16-28-17-19-10-7-6-8-11-19/h6-13,18H,5,14-17H2,1-4H3,(H2,23,24,25). The number of nitrogens with one attached hydrogen (secondary N) is 2. The average Bonchev–Trinajstić information content (AvgIpc) is 2.71. The van der Waals surface area contributed by atoms with Crippen LogP contribution in [-0.2, 0) is 17.9 Å². The van der Waals surface area contributed by atoms with Crippen LogP contribution in [0.4, 0.5) is 5.82 Å². The molecular weight excluding hydrogens is 350 g/mol. The fourth-order valence-electron chi connectivity index (χ4n) is 2.59. The van der Waals surface area contributed by atoms with Gasteiger partial charge in [-0.2, -0.15) is 0 Å². The molecule has 0 bridgehead atoms. The minimum absolute atomic E-state index is 0.378. The van der Waals surface area contributed by atoms with Crippen LogP contribution in [0.3, 0.4) is 0 Å². The molecule has 1 unspecified atom stereocenters. The summed E-state index contributed by atoms with van der Waals surface area (Å²) in [4.78, 5) is 11.3. The number of hydrogen-bond acceptors (Lipinski definition) is 4. The van der Waals surface area contributed by atoms with Crippen LogP contribution in [-0.4, -0.2) is 44.7 Å². The molecule has 2 aromatic rings. The molecule has 0 radical (unpaired) electrons. The van der Waals surface area contributed by atoms with Crippen molar-refractivity contribution in [2.45, 2.75) is 27.0 Å². The molecule has 0 fully saturated rings. The van der Waals surface area contributed by atoms with E-state index in [2.05, 4.69) is 46.6 Å². The number of aliphatic imine (C=N–C) groups is 1. The zero-order valence-electron chi connectivity index (χ0n) is 17.5. The molecule has 6 heteroatoms. The summed E-state index contributed by atoms with van der Waals surface area (Å²) >= 11 is 0. The van der Waals surface area contributed by atoms with Crippen molar-refractivity contribution in [1.29, 1.82) is 0 Å². The average molecular weight is 384 g/mol. The zero-order valence-corrected chi connectivity index (χ0v) is 17.5. The van der Waals surface area contributed by atoms with E-state index >= 15 is 0 Å². The van der Waals surface area contributed by atoms with Crippen molar-refractivity contribution in [3.63, 3.8) is 0 Å². The fraction of sp³-hybridized carbons (Fsp3) is 0.455. The van der Waals surface area contributed by atoms with Gasteiger partial charge in [0, 0.05) is 27.2 Å². The number of hydrogen-bond donors (Lipinski definition) is 2. The Kier molecular flexibility index (Phi) is 9.28. The van der Waals surface area contributed by atoms with Crippen LogP contribution in [0.15, 0.2) is 53.5 Å². The van der Waals surface area contributed by atoms with E-state index in [0.717, 1.165) is 30.6 Å². The highest BCUT2D eigenvalue weighted by molar-refractivity contribution is 5.79. The first kappa shape index (κ1) is 21.7. The van der Waals surface area contributed by atoms with Gasteiger partial charge in [-0.3, -0.25) is 0 Å². The van der Waals surface area contributed by atoms with Gasteiger partial charge in [-0.15, -0.1) is 0 Å². The summed E-state index contributed by atoms with van der Waals surface area (Å²) in [6.07, 6.45) is 0. The smallest absolute Gasteiger partial charge is 0.191 e. The largest absolute Gasteiger partial charge is 0.376 e. The van der Waals surface area contributed by atoms with Crippen LogP contribution in [0, 0.1) is 5.92 Å². The van der Waals surface area contributed by atoms with E-state index in [9.17, 15) is 0 Å². The molecule has 0 amide bonds. The van der Waals surface area contributed by atoms with Crippen molar-refractivity contribution in [3.05, 3.63) is 59.8 Å². The molecule has 28 heavy (non-hydrogen) atoms. The third-order valence-corrected chi connectivity index (χ3v) is 4.13. The molecule has 0 aliphatic rings. The summed E-state index contributed by atoms with van der Waals surface area (Å²) in [5.74, 6) is 2.12. The maximum absolute atomic E-state index is 5.82. The second-order valence-electron chi connectivity index (χ2n) is 7.06. The molecule has 0 spiro atoms. The van der Waals surface area contributed by atoms with Crippen molar-refractivity contribution in [2.24, 2.45) is 10.9 Å². The Morgan fingerprint density at radius 2 is 1.89 bits per heavy atom. The molecule has 152 valence electrons. The quantitative estimate of drug-likeness (QED) is 0.488. The minimum atomic E-state index is 0.378. The van der Waals surface area contributed by atoms with E-state index in [0.29, 0.717) is 25.7 Å². The molecule has 1 aromatic heterocycles. The van der Waals surface area contributed by atoms with Crippen LogP contribution in [0.2, 0.25) is 0 Å². The number of rotatable bonds is 10. The maximum atomic E-state index is 5.82. The maximum Gasteiger partial charge on any atom is 0.191 e. The summed E-state index contributed by atoms with van der Waals surface area (Å²) in [6, 6.07) is 16.3. The molecule has 0 aliphatic carbocycles. The number of anilines is 1. The molecule has 1 heterocycles. The predicted molar refractivity (Wildman–Crippen MR) is 117 cm³/mol. The summed E-state index contributed by atoms with van der Waals surface area (Å²) in [5.41, 5.74) is 2.15. The summed E-state index contributed by atoms with van der Waals surface area (Å²) in [7, 11) is 3.98. The van der Waals surface area contributed by atoms with Gasteiger partial charge >= 0.3 is 0 Å². The highest BCUT2D eigenvalue weighted by atomic mass is 16.5. The number of aromatic nitrogens is 1. The second-order valence-corrected chi connectivity index (χ2v) is 7.06. The van der Waals surface area contributed by atoms with E-state index in [-0.39, 0.29) is 0 Å².